The topological polar surface area (TPSA) is 72.7 Å². The Bertz CT molecular complexity index is 905. The number of nitrogens with zero attached hydrogens (tertiary/aromatic N) is 2. The summed E-state index contributed by atoms with van der Waals surface area (Å²) in [5.74, 6) is 0.507. The molecule has 6 nitrogen and oxygen atoms in total. The average molecular weight is 408 g/mol. The summed E-state index contributed by atoms with van der Waals surface area (Å²) in [5, 5.41) is 11.0. The first-order valence-corrected chi connectivity index (χ1v) is 8.99. The molecule has 1 amide bonds. The molecule has 0 aliphatic carbocycles. The number of ether oxygens (including phenoxy) is 1. The fraction of sp³-hybridized carbons (Fsp3) is 0.350. The third-order valence-electron chi connectivity index (χ3n) is 5.12. The van der Waals surface area contributed by atoms with Gasteiger partial charge in [0.2, 0.25) is 0 Å². The number of likely N-dealkylation sites (tertiary alicyclic amines) is 1. The molecule has 1 aliphatic heterocycles. The van der Waals surface area contributed by atoms with Crippen LogP contribution >= 0.6 is 0 Å². The molecular weight excluding hydrogens is 389 g/mol. The Balaban J connectivity index is 1.72. The molecule has 0 aromatic heterocycles. The van der Waals surface area contributed by atoms with Crippen LogP contribution in [0.1, 0.15) is 40.2 Å². The van der Waals surface area contributed by atoms with Crippen LogP contribution in [0.15, 0.2) is 42.5 Å². The number of piperidine rings is 1. The summed E-state index contributed by atoms with van der Waals surface area (Å²) in [7, 11) is 1.59. The number of alkyl halides is 3. The molecule has 1 heterocycles. The van der Waals surface area contributed by atoms with E-state index >= 15 is 0 Å². The van der Waals surface area contributed by atoms with E-state index in [4.69, 9.17) is 4.74 Å². The van der Waals surface area contributed by atoms with Gasteiger partial charge in [-0.05, 0) is 48.6 Å². The lowest BCUT2D eigenvalue weighted by atomic mass is 9.89. The molecule has 3 rings (SSSR count). The number of carbonyl (C=O) groups is 1. The SMILES string of the molecule is COc1ccc(C2CCN(C(=O)c3ccc(C(F)(F)F)c([N+](=O)[O-])c3)CC2)cc1. The van der Waals surface area contributed by atoms with Crippen LogP contribution in [0.25, 0.3) is 0 Å². The molecule has 1 fully saturated rings. The average Bonchev–Trinajstić information content (AvgIpc) is 2.72. The van der Waals surface area contributed by atoms with Crippen LogP contribution in [-0.2, 0) is 6.18 Å². The zero-order valence-corrected chi connectivity index (χ0v) is 15.6. The van der Waals surface area contributed by atoms with E-state index in [9.17, 15) is 28.1 Å². The first kappa shape index (κ1) is 20.6. The number of carbonyl (C=O) groups excluding carboxylic acids is 1. The molecule has 0 atom stereocenters. The number of nitro benzene ring substituents is 1. The molecule has 0 bridgehead atoms. The molecule has 29 heavy (non-hydrogen) atoms. The number of amides is 1. The van der Waals surface area contributed by atoms with Gasteiger partial charge in [-0.15, -0.1) is 0 Å². The number of hydrogen-bond donors (Lipinski definition) is 0. The fourth-order valence-electron chi connectivity index (χ4n) is 3.53. The van der Waals surface area contributed by atoms with Crippen LogP contribution in [0.2, 0.25) is 0 Å². The van der Waals surface area contributed by atoms with E-state index in [-0.39, 0.29) is 11.5 Å². The summed E-state index contributed by atoms with van der Waals surface area (Å²) in [6.07, 6.45) is -3.47. The molecule has 0 unspecified atom stereocenters. The number of methoxy groups -OCH3 is 1. The highest BCUT2D eigenvalue weighted by atomic mass is 19.4. The van der Waals surface area contributed by atoms with Gasteiger partial charge in [0.05, 0.1) is 12.0 Å². The molecule has 0 radical (unpaired) electrons. The molecule has 154 valence electrons. The third-order valence-corrected chi connectivity index (χ3v) is 5.12. The lowest BCUT2D eigenvalue weighted by Gasteiger charge is -2.32. The Labute approximate surface area is 165 Å². The first-order valence-electron chi connectivity index (χ1n) is 8.99. The van der Waals surface area contributed by atoms with Crippen molar-refractivity contribution in [1.82, 2.24) is 4.90 Å². The van der Waals surface area contributed by atoms with E-state index in [1.807, 2.05) is 24.3 Å². The predicted molar refractivity (Wildman–Crippen MR) is 99.0 cm³/mol. The van der Waals surface area contributed by atoms with Gasteiger partial charge < -0.3 is 9.64 Å². The summed E-state index contributed by atoms with van der Waals surface area (Å²) < 4.78 is 44.0. The highest BCUT2D eigenvalue weighted by Gasteiger charge is 2.39. The minimum atomic E-state index is -4.86. The Morgan fingerprint density at radius 2 is 1.76 bits per heavy atom. The second-order valence-corrected chi connectivity index (χ2v) is 6.83. The molecule has 0 saturated carbocycles. The molecule has 2 aromatic rings. The summed E-state index contributed by atoms with van der Waals surface area (Å²) in [6, 6.07) is 9.98. The highest BCUT2D eigenvalue weighted by molar-refractivity contribution is 5.95. The van der Waals surface area contributed by atoms with Crippen LogP contribution in [-0.4, -0.2) is 35.9 Å². The smallest absolute Gasteiger partial charge is 0.422 e. The number of nitro groups is 1. The van der Waals surface area contributed by atoms with E-state index in [0.717, 1.165) is 17.4 Å². The minimum absolute atomic E-state index is 0.118. The van der Waals surface area contributed by atoms with Crippen molar-refractivity contribution in [2.45, 2.75) is 24.9 Å². The Kier molecular flexibility index (Phi) is 5.76. The van der Waals surface area contributed by atoms with Gasteiger partial charge in [0.1, 0.15) is 11.3 Å². The van der Waals surface area contributed by atoms with Crippen molar-refractivity contribution in [2.75, 3.05) is 20.2 Å². The van der Waals surface area contributed by atoms with Gasteiger partial charge >= 0.3 is 6.18 Å². The maximum atomic E-state index is 12.9. The lowest BCUT2D eigenvalue weighted by molar-refractivity contribution is -0.388. The largest absolute Gasteiger partial charge is 0.497 e. The monoisotopic (exact) mass is 408 g/mol. The Morgan fingerprint density at radius 1 is 1.14 bits per heavy atom. The summed E-state index contributed by atoms with van der Waals surface area (Å²) in [6.45, 7) is 0.842. The van der Waals surface area contributed by atoms with Gasteiger partial charge in [-0.2, -0.15) is 13.2 Å². The van der Waals surface area contributed by atoms with Gasteiger partial charge in [0, 0.05) is 24.7 Å². The van der Waals surface area contributed by atoms with E-state index in [0.29, 0.717) is 38.1 Å². The molecule has 1 saturated heterocycles. The number of hydrogen-bond acceptors (Lipinski definition) is 4. The van der Waals surface area contributed by atoms with Crippen LogP contribution in [0.3, 0.4) is 0 Å². The predicted octanol–water partition coefficient (Wildman–Crippen LogP) is 4.64. The molecule has 0 spiro atoms. The van der Waals surface area contributed by atoms with Crippen molar-refractivity contribution in [2.24, 2.45) is 0 Å². The van der Waals surface area contributed by atoms with Gasteiger partial charge in [-0.3, -0.25) is 14.9 Å². The van der Waals surface area contributed by atoms with Crippen molar-refractivity contribution < 1.29 is 27.6 Å². The zero-order chi connectivity index (χ0) is 21.2. The molecule has 1 aliphatic rings. The zero-order valence-electron chi connectivity index (χ0n) is 15.6. The van der Waals surface area contributed by atoms with Crippen LogP contribution in [0.5, 0.6) is 5.75 Å². The van der Waals surface area contributed by atoms with Crippen molar-refractivity contribution in [3.8, 4) is 5.75 Å². The van der Waals surface area contributed by atoms with Crippen LogP contribution in [0.4, 0.5) is 18.9 Å². The first-order chi connectivity index (χ1) is 13.7. The van der Waals surface area contributed by atoms with Gasteiger partial charge in [-0.1, -0.05) is 12.1 Å². The lowest BCUT2D eigenvalue weighted by Crippen LogP contribution is -2.38. The second-order valence-electron chi connectivity index (χ2n) is 6.83. The van der Waals surface area contributed by atoms with Crippen molar-refractivity contribution in [3.63, 3.8) is 0 Å². The molecular formula is C20H19F3N2O4. The maximum Gasteiger partial charge on any atom is 0.422 e. The van der Waals surface area contributed by atoms with Gasteiger partial charge in [0.15, 0.2) is 0 Å². The van der Waals surface area contributed by atoms with Crippen molar-refractivity contribution in [3.05, 3.63) is 69.3 Å². The number of rotatable bonds is 4. The molecule has 0 N–H and O–H groups in total. The maximum absolute atomic E-state index is 12.9. The van der Waals surface area contributed by atoms with E-state index in [1.54, 1.807) is 7.11 Å². The fourth-order valence-corrected chi connectivity index (χ4v) is 3.53. The van der Waals surface area contributed by atoms with Gasteiger partial charge in [-0.25, -0.2) is 0 Å². The number of benzene rings is 2. The molecule has 9 heteroatoms. The Morgan fingerprint density at radius 3 is 2.28 bits per heavy atom. The van der Waals surface area contributed by atoms with E-state index < -0.39 is 28.3 Å². The summed E-state index contributed by atoms with van der Waals surface area (Å²) in [4.78, 5) is 24.1. The van der Waals surface area contributed by atoms with Crippen molar-refractivity contribution in [1.29, 1.82) is 0 Å². The second kappa shape index (κ2) is 8.10. The summed E-state index contributed by atoms with van der Waals surface area (Å²) >= 11 is 0. The summed E-state index contributed by atoms with van der Waals surface area (Å²) in [5.41, 5.74) is -1.47. The quantitative estimate of drug-likeness (QED) is 0.546. The normalized spacial score (nSPS) is 15.2. The van der Waals surface area contributed by atoms with Crippen LogP contribution in [0, 0.1) is 10.1 Å². The highest BCUT2D eigenvalue weighted by Crippen LogP contribution is 2.37. The van der Waals surface area contributed by atoms with Crippen LogP contribution < -0.4 is 4.74 Å². The van der Waals surface area contributed by atoms with Crippen molar-refractivity contribution >= 4 is 11.6 Å². The number of halogens is 3. The molecule has 2 aromatic carbocycles. The Hall–Kier alpha value is -3.10. The standard InChI is InChI=1S/C20H19F3N2O4/c1-29-16-5-2-13(3-6-16)14-8-10-24(11-9-14)19(26)15-4-7-17(20(21,22)23)18(12-15)25(27)28/h2-7,12,14H,8-11H2,1H3. The van der Waals surface area contributed by atoms with Gasteiger partial charge in [0.25, 0.3) is 11.6 Å². The minimum Gasteiger partial charge on any atom is -0.497 e. The van der Waals surface area contributed by atoms with E-state index in [1.165, 1.54) is 4.90 Å². The third kappa shape index (κ3) is 4.49. The van der Waals surface area contributed by atoms with E-state index in [2.05, 4.69) is 0 Å².